The van der Waals surface area contributed by atoms with Gasteiger partial charge >= 0.3 is 5.97 Å². The van der Waals surface area contributed by atoms with Crippen LogP contribution in [0, 0.1) is 25.5 Å². The molecule has 0 spiro atoms. The summed E-state index contributed by atoms with van der Waals surface area (Å²) in [6.45, 7) is 3.32. The van der Waals surface area contributed by atoms with Gasteiger partial charge in [-0.05, 0) is 53.0 Å². The molecule has 2 aromatic rings. The summed E-state index contributed by atoms with van der Waals surface area (Å²) in [7, 11) is 1.17. The summed E-state index contributed by atoms with van der Waals surface area (Å²) in [5.74, 6) is -1.73. The maximum atomic E-state index is 14.2. The molecule has 0 amide bonds. The van der Waals surface area contributed by atoms with Gasteiger partial charge in [-0.15, -0.1) is 11.3 Å². The van der Waals surface area contributed by atoms with Gasteiger partial charge in [0.05, 0.1) is 7.11 Å². The van der Waals surface area contributed by atoms with Crippen molar-refractivity contribution in [2.45, 2.75) is 13.8 Å². The molecule has 0 atom stereocenters. The number of carbonyl (C=O) groups is 1. The van der Waals surface area contributed by atoms with E-state index in [9.17, 15) is 13.6 Å². The van der Waals surface area contributed by atoms with Gasteiger partial charge in [0, 0.05) is 0 Å². The third kappa shape index (κ3) is 3.08. The van der Waals surface area contributed by atoms with E-state index in [1.54, 1.807) is 13.8 Å². The van der Waals surface area contributed by atoms with Gasteiger partial charge in [0.15, 0.2) is 16.4 Å². The van der Waals surface area contributed by atoms with E-state index >= 15 is 0 Å². The smallest absolute Gasteiger partial charge is 0.351 e. The number of benzene rings is 1. The molecule has 0 saturated heterocycles. The summed E-state index contributed by atoms with van der Waals surface area (Å²) < 4.78 is 37.9. The van der Waals surface area contributed by atoms with E-state index in [-0.39, 0.29) is 10.6 Å². The number of rotatable bonds is 3. The Kier molecular flexibility index (Phi) is 4.63. The van der Waals surface area contributed by atoms with Gasteiger partial charge < -0.3 is 9.47 Å². The highest BCUT2D eigenvalue weighted by Crippen LogP contribution is 2.42. The Morgan fingerprint density at radius 3 is 2.29 bits per heavy atom. The molecular weight excluding hydrogens is 366 g/mol. The van der Waals surface area contributed by atoms with Gasteiger partial charge in [-0.1, -0.05) is 0 Å². The minimum atomic E-state index is -0.804. The molecule has 0 aliphatic carbocycles. The van der Waals surface area contributed by atoms with Crippen molar-refractivity contribution in [1.82, 2.24) is 0 Å². The van der Waals surface area contributed by atoms with Crippen LogP contribution >= 0.6 is 27.3 Å². The van der Waals surface area contributed by atoms with E-state index in [1.165, 1.54) is 19.2 Å². The van der Waals surface area contributed by atoms with Crippen LogP contribution in [0.5, 0.6) is 11.5 Å². The lowest BCUT2D eigenvalue weighted by Gasteiger charge is -2.11. The number of carbonyl (C=O) groups excluding carboxylic acids is 1. The average Bonchev–Trinajstić information content (AvgIpc) is 2.69. The predicted octanol–water partition coefficient (Wildman–Crippen LogP) is 4.98. The second kappa shape index (κ2) is 6.11. The molecular formula is C14H11BrF2O3S. The topological polar surface area (TPSA) is 35.5 Å². The Morgan fingerprint density at radius 2 is 1.76 bits per heavy atom. The molecule has 2 rings (SSSR count). The zero-order valence-corrected chi connectivity index (χ0v) is 13.8. The first-order chi connectivity index (χ1) is 9.85. The molecule has 1 heterocycles. The minimum absolute atomic E-state index is 0.113. The van der Waals surface area contributed by atoms with Crippen molar-refractivity contribution in [3.8, 4) is 11.5 Å². The van der Waals surface area contributed by atoms with Crippen molar-refractivity contribution in [2.24, 2.45) is 0 Å². The van der Waals surface area contributed by atoms with Gasteiger partial charge in [0.25, 0.3) is 0 Å². The number of hydrogen-bond donors (Lipinski definition) is 0. The van der Waals surface area contributed by atoms with Gasteiger partial charge in [0.1, 0.15) is 15.4 Å². The van der Waals surface area contributed by atoms with E-state index < -0.39 is 17.6 Å². The van der Waals surface area contributed by atoms with E-state index in [0.717, 1.165) is 11.3 Å². The second-order valence-corrected chi connectivity index (χ2v) is 6.65. The molecule has 0 N–H and O–H groups in total. The number of thiophene rings is 1. The summed E-state index contributed by atoms with van der Waals surface area (Å²) in [6, 6.07) is 2.59. The van der Waals surface area contributed by atoms with Gasteiger partial charge in [-0.25, -0.2) is 13.6 Å². The molecule has 21 heavy (non-hydrogen) atoms. The van der Waals surface area contributed by atoms with Gasteiger partial charge in [-0.2, -0.15) is 0 Å². The van der Waals surface area contributed by atoms with Crippen LogP contribution in [0.3, 0.4) is 0 Å². The first-order valence-corrected chi connectivity index (χ1v) is 7.46. The molecule has 1 aromatic heterocycles. The number of esters is 1. The Hall–Kier alpha value is -1.47. The molecule has 0 unspecified atom stereocenters. The Morgan fingerprint density at radius 1 is 1.19 bits per heavy atom. The third-order valence-corrected chi connectivity index (χ3v) is 4.53. The summed E-state index contributed by atoms with van der Waals surface area (Å²) in [6.07, 6.45) is 0. The molecule has 0 aliphatic rings. The SMILES string of the molecule is COC(=O)c1sc(Br)c(Oc2c(C)cc(F)cc2C)c1F. The van der Waals surface area contributed by atoms with Crippen molar-refractivity contribution >= 4 is 33.2 Å². The van der Waals surface area contributed by atoms with Crippen LogP contribution in [0.15, 0.2) is 15.9 Å². The highest BCUT2D eigenvalue weighted by atomic mass is 79.9. The molecule has 7 heteroatoms. The number of halogens is 3. The highest BCUT2D eigenvalue weighted by Gasteiger charge is 2.25. The molecule has 112 valence electrons. The summed E-state index contributed by atoms with van der Waals surface area (Å²) in [5, 5.41) is 0. The van der Waals surface area contributed by atoms with Crippen LogP contribution < -0.4 is 4.74 Å². The van der Waals surface area contributed by atoms with Crippen LogP contribution in [-0.2, 0) is 4.74 Å². The highest BCUT2D eigenvalue weighted by molar-refractivity contribution is 9.11. The molecule has 1 aromatic carbocycles. The van der Waals surface area contributed by atoms with Crippen molar-refractivity contribution in [3.63, 3.8) is 0 Å². The molecule has 3 nitrogen and oxygen atoms in total. The normalized spacial score (nSPS) is 10.6. The predicted molar refractivity (Wildman–Crippen MR) is 79.3 cm³/mol. The molecule has 0 fully saturated rings. The lowest BCUT2D eigenvalue weighted by Crippen LogP contribution is -2.01. The maximum absolute atomic E-state index is 14.2. The lowest BCUT2D eigenvalue weighted by atomic mass is 10.1. The van der Waals surface area contributed by atoms with Crippen LogP contribution in [0.2, 0.25) is 0 Å². The van der Waals surface area contributed by atoms with E-state index in [1.807, 2.05) is 0 Å². The Balaban J connectivity index is 2.46. The van der Waals surface area contributed by atoms with Crippen molar-refractivity contribution in [1.29, 1.82) is 0 Å². The Labute approximate surface area is 132 Å². The largest absolute Gasteiger partial charge is 0.465 e. The first kappa shape index (κ1) is 15.9. The van der Waals surface area contributed by atoms with Crippen LogP contribution in [0.1, 0.15) is 20.8 Å². The Bertz CT molecular complexity index is 689. The summed E-state index contributed by atoms with van der Waals surface area (Å²) in [5.41, 5.74) is 1.06. The zero-order valence-electron chi connectivity index (χ0n) is 11.4. The number of aryl methyl sites for hydroxylation is 2. The molecule has 0 saturated carbocycles. The summed E-state index contributed by atoms with van der Waals surface area (Å²) in [4.78, 5) is 11.3. The standard InChI is InChI=1S/C14H11BrF2O3S/c1-6-4-8(16)5-7(2)10(6)20-11-9(17)12(14(18)19-3)21-13(11)15/h4-5H,1-3H3. The number of ether oxygens (including phenoxy) is 2. The maximum Gasteiger partial charge on any atom is 0.351 e. The van der Waals surface area contributed by atoms with E-state index in [0.29, 0.717) is 20.7 Å². The minimum Gasteiger partial charge on any atom is -0.465 e. The molecule has 0 bridgehead atoms. The fourth-order valence-corrected chi connectivity index (χ4v) is 3.33. The van der Waals surface area contributed by atoms with E-state index in [4.69, 9.17) is 4.74 Å². The third-order valence-electron chi connectivity index (χ3n) is 2.77. The first-order valence-electron chi connectivity index (χ1n) is 5.85. The number of hydrogen-bond acceptors (Lipinski definition) is 4. The fourth-order valence-electron chi connectivity index (χ4n) is 1.84. The second-order valence-electron chi connectivity index (χ2n) is 4.31. The van der Waals surface area contributed by atoms with Crippen molar-refractivity contribution in [2.75, 3.05) is 7.11 Å². The summed E-state index contributed by atoms with van der Waals surface area (Å²) >= 11 is 4.03. The van der Waals surface area contributed by atoms with Crippen LogP contribution in [0.4, 0.5) is 8.78 Å². The number of methoxy groups -OCH3 is 1. The fraction of sp³-hybridized carbons (Fsp3) is 0.214. The van der Waals surface area contributed by atoms with Crippen molar-refractivity contribution in [3.05, 3.63) is 43.6 Å². The van der Waals surface area contributed by atoms with Crippen LogP contribution in [0.25, 0.3) is 0 Å². The van der Waals surface area contributed by atoms with Gasteiger partial charge in [-0.3, -0.25) is 0 Å². The molecule has 0 aliphatic heterocycles. The average molecular weight is 377 g/mol. The van der Waals surface area contributed by atoms with Gasteiger partial charge in [0.2, 0.25) is 0 Å². The lowest BCUT2D eigenvalue weighted by molar-refractivity contribution is 0.0601. The van der Waals surface area contributed by atoms with Crippen molar-refractivity contribution < 1.29 is 23.0 Å². The quantitative estimate of drug-likeness (QED) is 0.708. The van der Waals surface area contributed by atoms with E-state index in [2.05, 4.69) is 20.7 Å². The zero-order chi connectivity index (χ0) is 15.7. The van der Waals surface area contributed by atoms with Crippen LogP contribution in [-0.4, -0.2) is 13.1 Å². The monoisotopic (exact) mass is 376 g/mol. The molecule has 0 radical (unpaired) electrons.